The van der Waals surface area contributed by atoms with Crippen molar-refractivity contribution in [3.05, 3.63) is 33.9 Å². The van der Waals surface area contributed by atoms with Crippen molar-refractivity contribution in [1.29, 1.82) is 0 Å². The summed E-state index contributed by atoms with van der Waals surface area (Å²) in [5.41, 5.74) is 9.73. The first-order valence-electron chi connectivity index (χ1n) is 5.64. The summed E-state index contributed by atoms with van der Waals surface area (Å²) >= 11 is 0. The molecule has 1 heterocycles. The first-order valence-corrected chi connectivity index (χ1v) is 6.45. The molecule has 0 amide bonds. The molecule has 1 atom stereocenters. The standard InChI is InChI=1S/C12H14N2O3P/c1-12(13)5-2-6-18-17-11-4-3-10(14(15)16)7-9(11)8-12/h3-4,7H,2,5,8,13H2,1H3/q+1. The summed E-state index contributed by atoms with van der Waals surface area (Å²) in [4.78, 5) is 10.4. The molecule has 0 saturated heterocycles. The first-order chi connectivity index (χ1) is 8.48. The van der Waals surface area contributed by atoms with Gasteiger partial charge in [0.05, 0.1) is 0 Å². The van der Waals surface area contributed by atoms with Crippen LogP contribution in [0, 0.1) is 15.7 Å². The van der Waals surface area contributed by atoms with Crippen LogP contribution in [0.4, 0.5) is 5.69 Å². The minimum absolute atomic E-state index is 0.0667. The summed E-state index contributed by atoms with van der Waals surface area (Å²) in [6.07, 6.45) is 2.09. The summed E-state index contributed by atoms with van der Waals surface area (Å²) in [7, 11) is 0.635. The fourth-order valence-corrected chi connectivity index (χ4v) is 2.44. The fraction of sp³-hybridized carbons (Fsp3) is 0.417. The molecule has 1 aliphatic rings. The van der Waals surface area contributed by atoms with Crippen LogP contribution in [0.3, 0.4) is 0 Å². The van der Waals surface area contributed by atoms with Gasteiger partial charge in [-0.15, -0.1) is 0 Å². The van der Waals surface area contributed by atoms with E-state index >= 15 is 0 Å². The molecule has 0 fully saturated rings. The second-order valence-corrected chi connectivity index (χ2v) is 5.40. The van der Waals surface area contributed by atoms with Crippen LogP contribution in [-0.2, 0) is 6.42 Å². The summed E-state index contributed by atoms with van der Waals surface area (Å²) < 4.78 is 5.52. The quantitative estimate of drug-likeness (QED) is 0.481. The normalized spacial score (nSPS) is 22.8. The van der Waals surface area contributed by atoms with E-state index in [9.17, 15) is 10.1 Å². The van der Waals surface area contributed by atoms with Crippen molar-refractivity contribution in [1.82, 2.24) is 0 Å². The van der Waals surface area contributed by atoms with Crippen molar-refractivity contribution in [2.24, 2.45) is 5.73 Å². The van der Waals surface area contributed by atoms with Gasteiger partial charge in [-0.05, 0) is 0 Å². The molecular formula is C12H14N2O3P+. The van der Waals surface area contributed by atoms with Gasteiger partial charge in [0.25, 0.3) is 0 Å². The molecule has 1 aromatic rings. The van der Waals surface area contributed by atoms with E-state index in [4.69, 9.17) is 10.3 Å². The topological polar surface area (TPSA) is 78.4 Å². The Morgan fingerprint density at radius 1 is 1.61 bits per heavy atom. The predicted molar refractivity (Wildman–Crippen MR) is 70.1 cm³/mol. The molecule has 0 aliphatic carbocycles. The van der Waals surface area contributed by atoms with Gasteiger partial charge in [0, 0.05) is 0 Å². The molecule has 94 valence electrons. The Morgan fingerprint density at radius 3 is 3.11 bits per heavy atom. The van der Waals surface area contributed by atoms with Crippen LogP contribution in [0.5, 0.6) is 5.75 Å². The zero-order valence-electron chi connectivity index (χ0n) is 10.0. The number of nitrogens with two attached hydrogens (primary N) is 1. The maximum atomic E-state index is 10.8. The van der Waals surface area contributed by atoms with Gasteiger partial charge in [-0.2, -0.15) is 0 Å². The third-order valence-corrected chi connectivity index (χ3v) is 3.51. The Morgan fingerprint density at radius 2 is 2.39 bits per heavy atom. The zero-order chi connectivity index (χ0) is 13.2. The van der Waals surface area contributed by atoms with Gasteiger partial charge in [0.15, 0.2) is 0 Å². The molecule has 2 rings (SSSR count). The Balaban J connectivity index is 2.43. The third kappa shape index (κ3) is 3.08. The van der Waals surface area contributed by atoms with Crippen LogP contribution in [0.25, 0.3) is 0 Å². The van der Waals surface area contributed by atoms with Crippen molar-refractivity contribution in [2.45, 2.75) is 31.7 Å². The molecular weight excluding hydrogens is 251 g/mol. The Hall–Kier alpha value is -1.41. The van der Waals surface area contributed by atoms with E-state index in [0.29, 0.717) is 20.4 Å². The second-order valence-electron chi connectivity index (χ2n) is 4.72. The van der Waals surface area contributed by atoms with Crippen LogP contribution in [0.15, 0.2) is 18.2 Å². The van der Waals surface area contributed by atoms with E-state index in [1.165, 1.54) is 6.07 Å². The first kappa shape index (κ1) is 13.0. The van der Waals surface area contributed by atoms with Gasteiger partial charge >= 0.3 is 106 Å². The number of non-ortho nitro benzene ring substituents is 1. The maximum absolute atomic E-state index is 10.8. The van der Waals surface area contributed by atoms with Crippen LogP contribution in [0.2, 0.25) is 0 Å². The molecule has 1 aliphatic heterocycles. The average molecular weight is 265 g/mol. The number of nitrogens with zero attached hydrogens (tertiary/aromatic N) is 1. The molecule has 1 aromatic carbocycles. The number of nitro groups is 1. The monoisotopic (exact) mass is 265 g/mol. The third-order valence-electron chi connectivity index (χ3n) is 2.87. The van der Waals surface area contributed by atoms with E-state index in [1.807, 2.05) is 6.92 Å². The summed E-state index contributed by atoms with van der Waals surface area (Å²) in [6.45, 7) is 1.94. The van der Waals surface area contributed by atoms with Crippen LogP contribution in [-0.4, -0.2) is 10.5 Å². The van der Waals surface area contributed by atoms with Crippen molar-refractivity contribution in [3.63, 3.8) is 0 Å². The number of hydrogen-bond donors (Lipinski definition) is 1. The number of hydrogen-bond acceptors (Lipinski definition) is 4. The molecule has 0 bridgehead atoms. The van der Waals surface area contributed by atoms with Crippen LogP contribution >= 0.6 is 8.26 Å². The number of fused-ring (bicyclic) bond motifs is 1. The number of nitro benzene ring substituents is 1. The van der Waals surface area contributed by atoms with E-state index in [-0.39, 0.29) is 5.69 Å². The molecule has 0 aromatic heterocycles. The van der Waals surface area contributed by atoms with Gasteiger partial charge in [-0.25, -0.2) is 0 Å². The van der Waals surface area contributed by atoms with E-state index in [0.717, 1.165) is 18.4 Å². The molecule has 0 spiro atoms. The zero-order valence-corrected chi connectivity index (χ0v) is 10.9. The molecule has 18 heavy (non-hydrogen) atoms. The van der Waals surface area contributed by atoms with Crippen molar-refractivity contribution < 1.29 is 9.45 Å². The van der Waals surface area contributed by atoms with E-state index in [2.05, 4.69) is 5.63 Å². The number of rotatable bonds is 1. The Labute approximate surface area is 107 Å². The fourth-order valence-electron chi connectivity index (χ4n) is 1.90. The van der Waals surface area contributed by atoms with Gasteiger partial charge in [-0.3, -0.25) is 0 Å². The van der Waals surface area contributed by atoms with Gasteiger partial charge in [0.2, 0.25) is 0 Å². The predicted octanol–water partition coefficient (Wildman–Crippen LogP) is 2.85. The summed E-state index contributed by atoms with van der Waals surface area (Å²) in [5, 5.41) is 10.8. The van der Waals surface area contributed by atoms with Gasteiger partial charge in [0.1, 0.15) is 0 Å². The molecule has 6 heteroatoms. The molecule has 0 saturated carbocycles. The summed E-state index contributed by atoms with van der Waals surface area (Å²) in [6, 6.07) is 4.62. The molecule has 5 nitrogen and oxygen atoms in total. The SMILES string of the molecule is CC1(N)CCC#[P+]Oc2ccc([N+](=O)[O-])cc2C1. The average Bonchev–Trinajstić information content (AvgIpc) is 2.35. The Bertz CT molecular complexity index is 546. The second kappa shape index (κ2) is 5.07. The van der Waals surface area contributed by atoms with Crippen molar-refractivity contribution >= 4 is 14.0 Å². The number of benzene rings is 1. The van der Waals surface area contributed by atoms with Gasteiger partial charge < -0.3 is 0 Å². The van der Waals surface area contributed by atoms with E-state index < -0.39 is 10.5 Å². The summed E-state index contributed by atoms with van der Waals surface area (Å²) in [5.74, 6) is 0.647. The van der Waals surface area contributed by atoms with Crippen molar-refractivity contribution in [3.8, 4) is 11.4 Å². The molecule has 1 unspecified atom stereocenters. The molecule has 2 N–H and O–H groups in total. The van der Waals surface area contributed by atoms with E-state index in [1.54, 1.807) is 12.1 Å². The minimum atomic E-state index is -0.406. The van der Waals surface area contributed by atoms with Crippen molar-refractivity contribution in [2.75, 3.05) is 0 Å². The van der Waals surface area contributed by atoms with Crippen LogP contribution < -0.4 is 10.3 Å². The van der Waals surface area contributed by atoms with Gasteiger partial charge in [-0.1, -0.05) is 0 Å². The Kier molecular flexibility index (Phi) is 3.67. The molecule has 0 radical (unpaired) electrons. The van der Waals surface area contributed by atoms with Crippen LogP contribution in [0.1, 0.15) is 25.3 Å².